The SMILES string of the molecule is CCN1CCN(Cc2cc(F)cc(C#CCN)c2)CC1C. The molecule has 2 rings (SSSR count). The Hall–Kier alpha value is -1.41. The first-order valence-electron chi connectivity index (χ1n) is 7.57. The molecule has 0 aromatic heterocycles. The van der Waals surface area contributed by atoms with E-state index in [9.17, 15) is 4.39 Å². The summed E-state index contributed by atoms with van der Waals surface area (Å²) in [6, 6.07) is 5.57. The molecule has 1 aliphatic heterocycles. The smallest absolute Gasteiger partial charge is 0.124 e. The van der Waals surface area contributed by atoms with Crippen LogP contribution in [0, 0.1) is 17.7 Å². The molecule has 1 saturated heterocycles. The van der Waals surface area contributed by atoms with Crippen LogP contribution in [-0.4, -0.2) is 48.6 Å². The van der Waals surface area contributed by atoms with Gasteiger partial charge in [-0.2, -0.15) is 0 Å². The lowest BCUT2D eigenvalue weighted by molar-refractivity contribution is 0.0834. The van der Waals surface area contributed by atoms with Crippen LogP contribution in [0.4, 0.5) is 4.39 Å². The van der Waals surface area contributed by atoms with E-state index in [-0.39, 0.29) is 5.82 Å². The first-order valence-corrected chi connectivity index (χ1v) is 7.57. The first kappa shape index (κ1) is 16.0. The number of hydrogen-bond donors (Lipinski definition) is 1. The first-order chi connectivity index (χ1) is 10.1. The van der Waals surface area contributed by atoms with Gasteiger partial charge in [-0.25, -0.2) is 4.39 Å². The Morgan fingerprint density at radius 3 is 2.81 bits per heavy atom. The van der Waals surface area contributed by atoms with Crippen LogP contribution in [0.1, 0.15) is 25.0 Å². The van der Waals surface area contributed by atoms with E-state index in [1.807, 2.05) is 6.07 Å². The number of likely N-dealkylation sites (N-methyl/N-ethyl adjacent to an activating group) is 1. The van der Waals surface area contributed by atoms with E-state index in [1.54, 1.807) is 6.07 Å². The summed E-state index contributed by atoms with van der Waals surface area (Å²) in [6.45, 7) is 9.73. The highest BCUT2D eigenvalue weighted by Gasteiger charge is 2.22. The van der Waals surface area contributed by atoms with Crippen molar-refractivity contribution >= 4 is 0 Å². The van der Waals surface area contributed by atoms with Crippen LogP contribution in [0.3, 0.4) is 0 Å². The molecule has 1 heterocycles. The molecule has 1 unspecified atom stereocenters. The molecule has 0 saturated carbocycles. The summed E-state index contributed by atoms with van der Waals surface area (Å²) in [6.07, 6.45) is 0. The summed E-state index contributed by atoms with van der Waals surface area (Å²) < 4.78 is 13.7. The molecule has 114 valence electrons. The van der Waals surface area contributed by atoms with Gasteiger partial charge in [0.05, 0.1) is 6.54 Å². The van der Waals surface area contributed by atoms with Crippen molar-refractivity contribution in [2.45, 2.75) is 26.4 Å². The van der Waals surface area contributed by atoms with Crippen molar-refractivity contribution in [1.82, 2.24) is 9.80 Å². The summed E-state index contributed by atoms with van der Waals surface area (Å²) >= 11 is 0. The lowest BCUT2D eigenvalue weighted by atomic mass is 10.1. The van der Waals surface area contributed by atoms with E-state index >= 15 is 0 Å². The third kappa shape index (κ3) is 4.53. The van der Waals surface area contributed by atoms with Gasteiger partial charge in [-0.15, -0.1) is 0 Å². The summed E-state index contributed by atoms with van der Waals surface area (Å²) in [5.74, 6) is 5.45. The Kier molecular flexibility index (Phi) is 5.75. The molecular formula is C17H24FN3. The number of nitrogens with zero attached hydrogens (tertiary/aromatic N) is 2. The van der Waals surface area contributed by atoms with Gasteiger partial charge in [-0.3, -0.25) is 9.80 Å². The Morgan fingerprint density at radius 1 is 1.33 bits per heavy atom. The van der Waals surface area contributed by atoms with E-state index in [4.69, 9.17) is 5.73 Å². The maximum Gasteiger partial charge on any atom is 0.124 e. The number of halogens is 1. The lowest BCUT2D eigenvalue weighted by Crippen LogP contribution is -2.51. The number of nitrogens with two attached hydrogens (primary N) is 1. The summed E-state index contributed by atoms with van der Waals surface area (Å²) in [7, 11) is 0. The average Bonchev–Trinajstić information content (AvgIpc) is 2.45. The van der Waals surface area contributed by atoms with Gasteiger partial charge in [-0.05, 0) is 37.2 Å². The minimum absolute atomic E-state index is 0.228. The zero-order chi connectivity index (χ0) is 15.2. The molecule has 1 fully saturated rings. The predicted octanol–water partition coefficient (Wildman–Crippen LogP) is 1.66. The van der Waals surface area contributed by atoms with Crippen LogP contribution in [0.15, 0.2) is 18.2 Å². The average molecular weight is 289 g/mol. The van der Waals surface area contributed by atoms with Gasteiger partial charge in [0, 0.05) is 37.8 Å². The van der Waals surface area contributed by atoms with Crippen molar-refractivity contribution in [3.63, 3.8) is 0 Å². The maximum atomic E-state index is 13.7. The zero-order valence-corrected chi connectivity index (χ0v) is 12.9. The predicted molar refractivity (Wildman–Crippen MR) is 84.3 cm³/mol. The minimum Gasteiger partial charge on any atom is -0.320 e. The van der Waals surface area contributed by atoms with E-state index in [0.29, 0.717) is 18.2 Å². The lowest BCUT2D eigenvalue weighted by Gasteiger charge is -2.39. The molecule has 2 N–H and O–H groups in total. The molecule has 0 bridgehead atoms. The molecule has 1 aromatic carbocycles. The molecule has 0 amide bonds. The number of rotatable bonds is 3. The highest BCUT2D eigenvalue weighted by Crippen LogP contribution is 2.15. The summed E-state index contributed by atoms with van der Waals surface area (Å²) in [5, 5.41) is 0. The van der Waals surface area contributed by atoms with Crippen LogP contribution in [0.2, 0.25) is 0 Å². The van der Waals surface area contributed by atoms with Crippen molar-refractivity contribution in [3.05, 3.63) is 35.1 Å². The van der Waals surface area contributed by atoms with Crippen LogP contribution >= 0.6 is 0 Å². The molecular weight excluding hydrogens is 265 g/mol. The van der Waals surface area contributed by atoms with Gasteiger partial charge in [0.2, 0.25) is 0 Å². The van der Waals surface area contributed by atoms with Crippen LogP contribution in [-0.2, 0) is 6.54 Å². The second-order valence-electron chi connectivity index (χ2n) is 5.57. The number of benzene rings is 1. The molecule has 1 atom stereocenters. The van der Waals surface area contributed by atoms with Gasteiger partial charge < -0.3 is 5.73 Å². The highest BCUT2D eigenvalue weighted by molar-refractivity contribution is 5.38. The van der Waals surface area contributed by atoms with Crippen LogP contribution in [0.25, 0.3) is 0 Å². The van der Waals surface area contributed by atoms with Gasteiger partial charge in [0.25, 0.3) is 0 Å². The van der Waals surface area contributed by atoms with E-state index in [2.05, 4.69) is 35.5 Å². The zero-order valence-electron chi connectivity index (χ0n) is 12.9. The number of piperazine rings is 1. The van der Waals surface area contributed by atoms with Crippen LogP contribution in [0.5, 0.6) is 0 Å². The largest absolute Gasteiger partial charge is 0.320 e. The van der Waals surface area contributed by atoms with Gasteiger partial charge in [-0.1, -0.05) is 18.8 Å². The second-order valence-corrected chi connectivity index (χ2v) is 5.57. The standard InChI is InChI=1S/C17H24FN3/c1-3-21-8-7-20(12-14(21)2)13-16-9-15(5-4-6-19)10-17(18)11-16/h9-11,14H,3,6-8,12-13,19H2,1-2H3. The normalized spacial score (nSPS) is 20.1. The van der Waals surface area contributed by atoms with Gasteiger partial charge in [0.1, 0.15) is 5.82 Å². The van der Waals surface area contributed by atoms with Crippen molar-refractivity contribution in [3.8, 4) is 11.8 Å². The molecule has 4 heteroatoms. The molecule has 0 radical (unpaired) electrons. The topological polar surface area (TPSA) is 32.5 Å². The van der Waals surface area contributed by atoms with E-state index in [0.717, 1.165) is 38.3 Å². The fraction of sp³-hybridized carbons (Fsp3) is 0.529. The van der Waals surface area contributed by atoms with Crippen molar-refractivity contribution in [2.75, 3.05) is 32.7 Å². The summed E-state index contributed by atoms with van der Waals surface area (Å²) in [4.78, 5) is 4.85. The monoisotopic (exact) mass is 289 g/mol. The molecule has 21 heavy (non-hydrogen) atoms. The van der Waals surface area contributed by atoms with Crippen molar-refractivity contribution < 1.29 is 4.39 Å². The fourth-order valence-corrected chi connectivity index (χ4v) is 2.91. The highest BCUT2D eigenvalue weighted by atomic mass is 19.1. The van der Waals surface area contributed by atoms with E-state index in [1.165, 1.54) is 6.07 Å². The van der Waals surface area contributed by atoms with Gasteiger partial charge >= 0.3 is 0 Å². The maximum absolute atomic E-state index is 13.7. The Morgan fingerprint density at radius 2 is 2.14 bits per heavy atom. The quantitative estimate of drug-likeness (QED) is 0.859. The molecule has 0 aliphatic carbocycles. The Bertz CT molecular complexity index is 533. The summed E-state index contributed by atoms with van der Waals surface area (Å²) in [5.41, 5.74) is 7.05. The third-order valence-corrected chi connectivity index (χ3v) is 3.95. The molecule has 1 aromatic rings. The van der Waals surface area contributed by atoms with Crippen LogP contribution < -0.4 is 5.73 Å². The van der Waals surface area contributed by atoms with Crippen molar-refractivity contribution in [2.24, 2.45) is 5.73 Å². The van der Waals surface area contributed by atoms with Crippen molar-refractivity contribution in [1.29, 1.82) is 0 Å². The Labute approximate surface area is 126 Å². The third-order valence-electron chi connectivity index (χ3n) is 3.95. The number of hydrogen-bond acceptors (Lipinski definition) is 3. The van der Waals surface area contributed by atoms with Gasteiger partial charge in [0.15, 0.2) is 0 Å². The Balaban J connectivity index is 2.04. The molecule has 0 spiro atoms. The minimum atomic E-state index is -0.228. The fourth-order valence-electron chi connectivity index (χ4n) is 2.91. The second kappa shape index (κ2) is 7.56. The molecule has 1 aliphatic rings. The van der Waals surface area contributed by atoms with E-state index < -0.39 is 0 Å². The molecule has 3 nitrogen and oxygen atoms in total.